The normalized spacial score (nSPS) is 11.8. The Morgan fingerprint density at radius 1 is 1.12 bits per heavy atom. The highest BCUT2D eigenvalue weighted by Crippen LogP contribution is 2.28. The summed E-state index contributed by atoms with van der Waals surface area (Å²) in [6, 6.07) is 17.0. The Hall–Kier alpha value is -4.64. The summed E-state index contributed by atoms with van der Waals surface area (Å²) in [5, 5.41) is 7.20. The lowest BCUT2D eigenvalue weighted by atomic mass is 10.1. The van der Waals surface area contributed by atoms with Crippen LogP contribution < -0.4 is 11.1 Å². The summed E-state index contributed by atoms with van der Waals surface area (Å²) >= 11 is 0. The summed E-state index contributed by atoms with van der Waals surface area (Å²) in [6.07, 6.45) is 3.30. The van der Waals surface area contributed by atoms with E-state index in [1.807, 2.05) is 60.0 Å². The van der Waals surface area contributed by atoms with Crippen LogP contribution in [-0.2, 0) is 0 Å². The molecular weight excluding hydrogens is 414 g/mol. The van der Waals surface area contributed by atoms with E-state index >= 15 is 0 Å². The number of imidazole rings is 1. The Balaban J connectivity index is 1.62. The molecule has 1 atom stereocenters. The van der Waals surface area contributed by atoms with Crippen molar-refractivity contribution in [2.45, 2.75) is 19.9 Å². The van der Waals surface area contributed by atoms with Crippen molar-refractivity contribution in [3.8, 4) is 17.5 Å². The molecule has 0 radical (unpaired) electrons. The molecule has 8 nitrogen and oxygen atoms in total. The van der Waals surface area contributed by atoms with Crippen molar-refractivity contribution in [1.29, 1.82) is 0 Å². The summed E-state index contributed by atoms with van der Waals surface area (Å²) in [6.45, 7) is 3.69. The smallest absolute Gasteiger partial charge is 0.259 e. The highest BCUT2D eigenvalue weighted by atomic mass is 16.1. The fourth-order valence-electron chi connectivity index (χ4n) is 3.96. The van der Waals surface area contributed by atoms with Gasteiger partial charge in [0.2, 0.25) is 0 Å². The van der Waals surface area contributed by atoms with Crippen LogP contribution in [0.5, 0.6) is 0 Å². The van der Waals surface area contributed by atoms with Gasteiger partial charge in [0.05, 0.1) is 22.6 Å². The number of anilines is 1. The summed E-state index contributed by atoms with van der Waals surface area (Å²) in [7, 11) is 0. The fraction of sp³-hybridized carbons (Fsp3) is 0.120. The molecule has 0 bridgehead atoms. The Labute approximate surface area is 190 Å². The van der Waals surface area contributed by atoms with E-state index in [4.69, 9.17) is 10.7 Å². The maximum Gasteiger partial charge on any atom is 0.259 e. The number of carbonyl (C=O) groups is 1. The number of carbonyl (C=O) groups excluding carboxylic acids is 1. The molecule has 162 valence electrons. The van der Waals surface area contributed by atoms with Crippen molar-refractivity contribution >= 4 is 28.4 Å². The largest absolute Gasteiger partial charge is 0.381 e. The first kappa shape index (κ1) is 20.3. The van der Waals surface area contributed by atoms with Crippen molar-refractivity contribution in [1.82, 2.24) is 29.5 Å². The summed E-state index contributed by atoms with van der Waals surface area (Å²) < 4.78 is 3.53. The van der Waals surface area contributed by atoms with E-state index in [2.05, 4.69) is 27.2 Å². The lowest BCUT2D eigenvalue weighted by Gasteiger charge is -2.16. The molecule has 2 aromatic carbocycles. The number of benzene rings is 2. The van der Waals surface area contributed by atoms with Gasteiger partial charge in [-0.2, -0.15) is 0 Å². The van der Waals surface area contributed by atoms with Gasteiger partial charge in [0.25, 0.3) is 5.91 Å². The first-order valence-electron chi connectivity index (χ1n) is 10.5. The van der Waals surface area contributed by atoms with E-state index in [1.54, 1.807) is 25.4 Å². The quantitative estimate of drug-likeness (QED) is 0.421. The van der Waals surface area contributed by atoms with Crippen molar-refractivity contribution in [2.24, 2.45) is 0 Å². The second-order valence-electron chi connectivity index (χ2n) is 7.53. The van der Waals surface area contributed by atoms with Crippen LogP contribution >= 0.6 is 0 Å². The van der Waals surface area contributed by atoms with Gasteiger partial charge in [-0.1, -0.05) is 30.2 Å². The van der Waals surface area contributed by atoms with E-state index in [9.17, 15) is 4.79 Å². The first-order valence-corrected chi connectivity index (χ1v) is 10.5. The number of aromatic nitrogens is 5. The summed E-state index contributed by atoms with van der Waals surface area (Å²) in [5.41, 5.74) is 10.2. The monoisotopic (exact) mass is 435 g/mol. The number of hydrogen-bond donors (Lipinski definition) is 2. The molecule has 0 fully saturated rings. The van der Waals surface area contributed by atoms with Crippen molar-refractivity contribution in [3.05, 3.63) is 83.9 Å². The number of fused-ring (bicyclic) bond motifs is 2. The molecule has 5 rings (SSSR count). The number of amides is 1. The molecule has 3 heterocycles. The molecule has 0 aliphatic carbocycles. The lowest BCUT2D eigenvalue weighted by molar-refractivity contribution is 0.0940. The van der Waals surface area contributed by atoms with Crippen molar-refractivity contribution < 1.29 is 4.79 Å². The topological polar surface area (TPSA) is 103 Å². The van der Waals surface area contributed by atoms with Crippen LogP contribution in [0.25, 0.3) is 22.4 Å². The molecule has 8 heteroatoms. The van der Waals surface area contributed by atoms with Crippen LogP contribution in [0.3, 0.4) is 0 Å². The van der Waals surface area contributed by atoms with Crippen LogP contribution in [0, 0.1) is 11.8 Å². The lowest BCUT2D eigenvalue weighted by Crippen LogP contribution is -2.29. The SMILES string of the molecule is CC#Cc1cccc2nc([C@H](C)NC(=O)c3c(N)nn4cccnc34)n(-c3ccccc3)c12. The summed E-state index contributed by atoms with van der Waals surface area (Å²) in [4.78, 5) is 22.3. The number of nitrogens with zero attached hydrogens (tertiary/aromatic N) is 5. The van der Waals surface area contributed by atoms with Crippen LogP contribution in [0.2, 0.25) is 0 Å². The van der Waals surface area contributed by atoms with Gasteiger partial charge in [0.15, 0.2) is 11.5 Å². The first-order chi connectivity index (χ1) is 16.1. The molecule has 33 heavy (non-hydrogen) atoms. The number of hydrogen-bond acceptors (Lipinski definition) is 5. The Bertz CT molecular complexity index is 1550. The maximum atomic E-state index is 13.2. The Morgan fingerprint density at radius 3 is 2.73 bits per heavy atom. The predicted molar refractivity (Wildman–Crippen MR) is 127 cm³/mol. The molecule has 0 unspecified atom stereocenters. The molecule has 3 N–H and O–H groups in total. The van der Waals surface area contributed by atoms with Gasteiger partial charge in [0.1, 0.15) is 11.4 Å². The average Bonchev–Trinajstić information content (AvgIpc) is 3.38. The van der Waals surface area contributed by atoms with E-state index in [0.717, 1.165) is 22.3 Å². The molecule has 0 aliphatic heterocycles. The van der Waals surface area contributed by atoms with Crippen molar-refractivity contribution in [2.75, 3.05) is 5.73 Å². The second-order valence-corrected chi connectivity index (χ2v) is 7.53. The standard InChI is InChI=1S/C25H21N7O/c1-3-9-17-10-7-13-19-21(17)32(18-11-5-4-6-12-18)23(29-19)16(2)28-25(33)20-22(26)30-31-15-8-14-27-24(20)31/h4-8,10-16H,1-2H3,(H2,26,30)(H,28,33)/t16-/m0/s1. The number of nitrogens with two attached hydrogens (primary N) is 1. The zero-order valence-corrected chi connectivity index (χ0v) is 18.1. The van der Waals surface area contributed by atoms with Gasteiger partial charge in [-0.3, -0.25) is 9.36 Å². The number of nitrogens with one attached hydrogen (secondary N) is 1. The zero-order chi connectivity index (χ0) is 22.9. The fourth-order valence-corrected chi connectivity index (χ4v) is 3.96. The van der Waals surface area contributed by atoms with Crippen LogP contribution in [0.15, 0.2) is 67.0 Å². The highest BCUT2D eigenvalue weighted by molar-refractivity contribution is 6.04. The molecular formula is C25H21N7O. The number of rotatable bonds is 4. The average molecular weight is 435 g/mol. The van der Waals surface area contributed by atoms with E-state index in [-0.39, 0.29) is 17.3 Å². The predicted octanol–water partition coefficient (Wildman–Crippen LogP) is 3.51. The third-order valence-electron chi connectivity index (χ3n) is 5.36. The molecule has 0 spiro atoms. The molecule has 3 aromatic heterocycles. The minimum Gasteiger partial charge on any atom is -0.381 e. The minimum absolute atomic E-state index is 0.121. The molecule has 5 aromatic rings. The van der Waals surface area contributed by atoms with Gasteiger partial charge in [-0.15, -0.1) is 11.0 Å². The molecule has 0 aliphatic rings. The summed E-state index contributed by atoms with van der Waals surface area (Å²) in [5.74, 6) is 6.58. The van der Waals surface area contributed by atoms with Crippen molar-refractivity contribution in [3.63, 3.8) is 0 Å². The number of para-hydroxylation sites is 2. The van der Waals surface area contributed by atoms with Gasteiger partial charge >= 0.3 is 0 Å². The molecule has 0 saturated heterocycles. The minimum atomic E-state index is -0.439. The van der Waals surface area contributed by atoms with Gasteiger partial charge in [-0.25, -0.2) is 14.5 Å². The second kappa shape index (κ2) is 8.13. The number of nitrogen functional groups attached to an aromatic ring is 1. The van der Waals surface area contributed by atoms with E-state index in [1.165, 1.54) is 4.52 Å². The zero-order valence-electron chi connectivity index (χ0n) is 18.1. The Morgan fingerprint density at radius 2 is 1.94 bits per heavy atom. The van der Waals surface area contributed by atoms with Gasteiger partial charge in [-0.05, 0) is 44.2 Å². The van der Waals surface area contributed by atoms with Crippen LogP contribution in [0.1, 0.15) is 41.6 Å². The molecule has 1 amide bonds. The third-order valence-corrected chi connectivity index (χ3v) is 5.36. The van der Waals surface area contributed by atoms with Gasteiger partial charge < -0.3 is 11.1 Å². The maximum absolute atomic E-state index is 13.2. The molecule has 0 saturated carbocycles. The third kappa shape index (κ3) is 3.46. The van der Waals surface area contributed by atoms with Crippen LogP contribution in [-0.4, -0.2) is 30.1 Å². The van der Waals surface area contributed by atoms with Crippen LogP contribution in [0.4, 0.5) is 5.82 Å². The van der Waals surface area contributed by atoms with E-state index in [0.29, 0.717) is 11.5 Å². The van der Waals surface area contributed by atoms with Gasteiger partial charge in [0, 0.05) is 18.1 Å². The van der Waals surface area contributed by atoms with E-state index < -0.39 is 6.04 Å². The highest BCUT2D eigenvalue weighted by Gasteiger charge is 2.25. The Kier molecular flexibility index (Phi) is 4.99.